The lowest BCUT2D eigenvalue weighted by atomic mass is 9.85. The molecule has 0 atom stereocenters. The van der Waals surface area contributed by atoms with Crippen LogP contribution in [0.1, 0.15) is 16.7 Å². The molecule has 10 heteroatoms. The van der Waals surface area contributed by atoms with Crippen molar-refractivity contribution in [1.29, 1.82) is 0 Å². The van der Waals surface area contributed by atoms with Gasteiger partial charge in [-0.1, -0.05) is 60.7 Å². The predicted octanol–water partition coefficient (Wildman–Crippen LogP) is 4.18. The summed E-state index contributed by atoms with van der Waals surface area (Å²) in [5, 5.41) is 26.3. The molecule has 0 aliphatic heterocycles. The summed E-state index contributed by atoms with van der Waals surface area (Å²) < 4.78 is 11.0. The van der Waals surface area contributed by atoms with Gasteiger partial charge in [0.05, 0.1) is 18.2 Å². The second-order valence-electron chi connectivity index (χ2n) is 7.77. The molecule has 2 N–H and O–H groups in total. The average Bonchev–Trinajstić information content (AvgIpc) is 2.94. The maximum Gasteiger partial charge on any atom is 0.287 e. The van der Waals surface area contributed by atoms with E-state index in [4.69, 9.17) is 9.47 Å². The Hall–Kier alpha value is -5.09. The van der Waals surface area contributed by atoms with Crippen molar-refractivity contribution in [2.24, 2.45) is 5.10 Å². The minimum atomic E-state index is -1.95. The second kappa shape index (κ2) is 11.1. The van der Waals surface area contributed by atoms with Gasteiger partial charge in [0.1, 0.15) is 6.20 Å². The van der Waals surface area contributed by atoms with Gasteiger partial charge in [-0.2, -0.15) is 5.10 Å². The standard InChI is InChI=1S/C27H22N4O6/c1-36-24-16-19(12-14-23(24)37-25-15-13-22(18-28-25)31(34)35)17-29-30-26(32)27(33,20-8-4-2-5-9-20)21-10-6-3-7-11-21/h2-18,33H,1H3,(H,30,32). The third-order valence-electron chi connectivity index (χ3n) is 5.43. The first-order chi connectivity index (χ1) is 17.9. The zero-order valence-electron chi connectivity index (χ0n) is 19.6. The molecule has 0 aliphatic rings. The first kappa shape index (κ1) is 25.0. The monoisotopic (exact) mass is 498 g/mol. The van der Waals surface area contributed by atoms with Crippen molar-refractivity contribution in [3.63, 3.8) is 0 Å². The van der Waals surface area contributed by atoms with Crippen molar-refractivity contribution in [1.82, 2.24) is 10.4 Å². The van der Waals surface area contributed by atoms with Gasteiger partial charge in [-0.15, -0.1) is 0 Å². The van der Waals surface area contributed by atoms with Crippen LogP contribution in [0.4, 0.5) is 5.69 Å². The van der Waals surface area contributed by atoms with Crippen molar-refractivity contribution < 1.29 is 24.3 Å². The van der Waals surface area contributed by atoms with E-state index < -0.39 is 16.4 Å². The van der Waals surface area contributed by atoms with E-state index in [0.717, 1.165) is 6.20 Å². The Balaban J connectivity index is 1.51. The van der Waals surface area contributed by atoms with Gasteiger partial charge in [0.25, 0.3) is 11.6 Å². The van der Waals surface area contributed by atoms with Crippen LogP contribution in [0.25, 0.3) is 0 Å². The molecule has 3 aromatic carbocycles. The highest BCUT2D eigenvalue weighted by Crippen LogP contribution is 2.32. The van der Waals surface area contributed by atoms with Crippen LogP contribution >= 0.6 is 0 Å². The van der Waals surface area contributed by atoms with Gasteiger partial charge >= 0.3 is 0 Å². The summed E-state index contributed by atoms with van der Waals surface area (Å²) in [7, 11) is 1.45. The van der Waals surface area contributed by atoms with Crippen LogP contribution in [0.5, 0.6) is 17.4 Å². The molecule has 0 fully saturated rings. The van der Waals surface area contributed by atoms with Crippen LogP contribution in [-0.2, 0) is 10.4 Å². The topological polar surface area (TPSA) is 136 Å². The SMILES string of the molecule is COc1cc(C=NNC(=O)C(O)(c2ccccc2)c2ccccc2)ccc1Oc1ccc([N+](=O)[O-])cn1. The number of hydrazone groups is 1. The van der Waals surface area contributed by atoms with Crippen LogP contribution in [0.3, 0.4) is 0 Å². The van der Waals surface area contributed by atoms with E-state index in [9.17, 15) is 20.0 Å². The minimum absolute atomic E-state index is 0.152. The highest BCUT2D eigenvalue weighted by Gasteiger charge is 2.39. The number of nitrogens with one attached hydrogen (secondary N) is 1. The molecule has 1 aromatic heterocycles. The molecule has 0 radical (unpaired) electrons. The fraction of sp³-hybridized carbons (Fsp3) is 0.0741. The summed E-state index contributed by atoms with van der Waals surface area (Å²) in [5.74, 6) is 0.101. The number of aromatic nitrogens is 1. The summed E-state index contributed by atoms with van der Waals surface area (Å²) in [6.45, 7) is 0. The van der Waals surface area contributed by atoms with E-state index in [2.05, 4.69) is 15.5 Å². The van der Waals surface area contributed by atoms with Crippen LogP contribution < -0.4 is 14.9 Å². The van der Waals surface area contributed by atoms with Gasteiger partial charge in [0.15, 0.2) is 17.1 Å². The molecule has 0 spiro atoms. The average molecular weight is 498 g/mol. The van der Waals surface area contributed by atoms with E-state index >= 15 is 0 Å². The number of hydrogen-bond donors (Lipinski definition) is 2. The molecule has 1 amide bonds. The van der Waals surface area contributed by atoms with Gasteiger partial charge in [-0.25, -0.2) is 10.4 Å². The minimum Gasteiger partial charge on any atom is -0.493 e. The first-order valence-corrected chi connectivity index (χ1v) is 11.0. The Kier molecular flexibility index (Phi) is 7.51. The molecule has 4 aromatic rings. The number of aliphatic hydroxyl groups is 1. The number of pyridine rings is 1. The smallest absolute Gasteiger partial charge is 0.287 e. The van der Waals surface area contributed by atoms with Gasteiger partial charge in [0.2, 0.25) is 5.88 Å². The summed E-state index contributed by atoms with van der Waals surface area (Å²) in [5.41, 5.74) is 1.69. The highest BCUT2D eigenvalue weighted by atomic mass is 16.6. The van der Waals surface area contributed by atoms with E-state index in [0.29, 0.717) is 28.2 Å². The van der Waals surface area contributed by atoms with E-state index in [1.807, 2.05) is 0 Å². The summed E-state index contributed by atoms with van der Waals surface area (Å²) in [4.78, 5) is 27.3. The molecule has 10 nitrogen and oxygen atoms in total. The Morgan fingerprint density at radius 3 is 2.19 bits per heavy atom. The lowest BCUT2D eigenvalue weighted by Crippen LogP contribution is -2.43. The molecule has 186 valence electrons. The lowest BCUT2D eigenvalue weighted by Gasteiger charge is -2.27. The normalized spacial score (nSPS) is 11.2. The Labute approximate surface area is 212 Å². The van der Waals surface area contributed by atoms with Crippen LogP contribution in [0.15, 0.2) is 102 Å². The molecule has 4 rings (SSSR count). The highest BCUT2D eigenvalue weighted by molar-refractivity contribution is 5.91. The van der Waals surface area contributed by atoms with Crippen LogP contribution in [0, 0.1) is 10.1 Å². The number of benzene rings is 3. The molecule has 37 heavy (non-hydrogen) atoms. The number of nitro groups is 1. The lowest BCUT2D eigenvalue weighted by molar-refractivity contribution is -0.385. The molecule has 0 saturated heterocycles. The van der Waals surface area contributed by atoms with Gasteiger partial charge in [-0.3, -0.25) is 14.9 Å². The second-order valence-corrected chi connectivity index (χ2v) is 7.77. The number of carbonyl (C=O) groups excluding carboxylic acids is 1. The van der Waals surface area contributed by atoms with Crippen LogP contribution in [-0.4, -0.2) is 34.2 Å². The van der Waals surface area contributed by atoms with Gasteiger partial charge in [0, 0.05) is 12.1 Å². The predicted molar refractivity (Wildman–Crippen MR) is 136 cm³/mol. The molecule has 0 bridgehead atoms. The van der Waals surface area contributed by atoms with Gasteiger partial charge < -0.3 is 14.6 Å². The summed E-state index contributed by atoms with van der Waals surface area (Å²) >= 11 is 0. The van der Waals surface area contributed by atoms with E-state index in [1.165, 1.54) is 25.5 Å². The zero-order chi connectivity index (χ0) is 26.3. The van der Waals surface area contributed by atoms with Crippen molar-refractivity contribution in [2.75, 3.05) is 7.11 Å². The summed E-state index contributed by atoms with van der Waals surface area (Å²) in [6.07, 6.45) is 2.49. The fourth-order valence-electron chi connectivity index (χ4n) is 3.54. The Morgan fingerprint density at radius 2 is 1.65 bits per heavy atom. The van der Waals surface area contributed by atoms with Crippen molar-refractivity contribution in [3.8, 4) is 17.4 Å². The quantitative estimate of drug-likeness (QED) is 0.201. The van der Waals surface area contributed by atoms with E-state index in [1.54, 1.807) is 78.9 Å². The number of amides is 1. The van der Waals surface area contributed by atoms with Crippen molar-refractivity contribution in [3.05, 3.63) is 124 Å². The van der Waals surface area contributed by atoms with E-state index in [-0.39, 0.29) is 11.6 Å². The number of ether oxygens (including phenoxy) is 2. The molecule has 0 saturated carbocycles. The van der Waals surface area contributed by atoms with Crippen molar-refractivity contribution in [2.45, 2.75) is 5.60 Å². The Bertz CT molecular complexity index is 1370. The number of carbonyl (C=O) groups is 1. The molecular weight excluding hydrogens is 476 g/mol. The largest absolute Gasteiger partial charge is 0.493 e. The Morgan fingerprint density at radius 1 is 1.00 bits per heavy atom. The molecule has 1 heterocycles. The molecule has 0 aliphatic carbocycles. The molecular formula is C27H22N4O6. The fourth-order valence-corrected chi connectivity index (χ4v) is 3.54. The number of hydrogen-bond acceptors (Lipinski definition) is 8. The maximum absolute atomic E-state index is 13.1. The summed E-state index contributed by atoms with van der Waals surface area (Å²) in [6, 6.07) is 24.8. The number of rotatable bonds is 9. The maximum atomic E-state index is 13.1. The zero-order valence-corrected chi connectivity index (χ0v) is 19.6. The third kappa shape index (κ3) is 5.60. The van der Waals surface area contributed by atoms with Crippen LogP contribution in [0.2, 0.25) is 0 Å². The van der Waals surface area contributed by atoms with Crippen molar-refractivity contribution >= 4 is 17.8 Å². The number of methoxy groups -OCH3 is 1. The van der Waals surface area contributed by atoms with Gasteiger partial charge in [-0.05, 0) is 34.9 Å². The number of nitrogens with zero attached hydrogens (tertiary/aromatic N) is 3. The third-order valence-corrected chi connectivity index (χ3v) is 5.43. The first-order valence-electron chi connectivity index (χ1n) is 11.0. The molecule has 0 unspecified atom stereocenters.